The van der Waals surface area contributed by atoms with Crippen LogP contribution in [0.2, 0.25) is 6.55 Å². The summed E-state index contributed by atoms with van der Waals surface area (Å²) in [7, 11) is 0.248. The summed E-state index contributed by atoms with van der Waals surface area (Å²) in [5, 5.41) is 12.9. The first-order chi connectivity index (χ1) is 16.7. The Morgan fingerprint density at radius 2 is 1.74 bits per heavy atom. The molecule has 3 rings (SSSR count). The van der Waals surface area contributed by atoms with E-state index in [0.29, 0.717) is 12.2 Å². The molecule has 0 aliphatic heterocycles. The van der Waals surface area contributed by atoms with Crippen LogP contribution in [0.15, 0.2) is 48.7 Å². The molecule has 1 atom stereocenters. The lowest BCUT2D eigenvalue weighted by molar-refractivity contribution is -0.121. The number of pyridine rings is 1. The van der Waals surface area contributed by atoms with E-state index in [1.54, 1.807) is 24.4 Å². The van der Waals surface area contributed by atoms with Crippen molar-refractivity contribution in [2.24, 2.45) is 0 Å². The predicted octanol–water partition coefficient (Wildman–Crippen LogP) is 2.61. The molecule has 8 heteroatoms. The molecule has 2 aromatic rings. The van der Waals surface area contributed by atoms with Gasteiger partial charge < -0.3 is 21.3 Å². The minimum Gasteiger partial charge on any atom is -0.351 e. The van der Waals surface area contributed by atoms with E-state index in [2.05, 4.69) is 38.4 Å². The van der Waals surface area contributed by atoms with E-state index in [1.165, 1.54) is 37.7 Å². The molecular weight excluding hydrogens is 442 g/mol. The lowest BCUT2D eigenvalue weighted by atomic mass is 9.95. The largest absolute Gasteiger partial charge is 0.351 e. The molecule has 1 fully saturated rings. The molecule has 0 bridgehead atoms. The molecule has 1 aliphatic carbocycles. The Bertz CT molecular complexity index is 873. The first-order valence-electron chi connectivity index (χ1n) is 12.3. The van der Waals surface area contributed by atoms with Crippen molar-refractivity contribution in [1.29, 1.82) is 0 Å². The third kappa shape index (κ3) is 9.00. The van der Waals surface area contributed by atoms with Gasteiger partial charge in [-0.1, -0.05) is 56.1 Å². The van der Waals surface area contributed by atoms with Gasteiger partial charge >= 0.3 is 0 Å². The Morgan fingerprint density at radius 3 is 2.41 bits per heavy atom. The molecule has 182 valence electrons. The molecule has 7 nitrogen and oxygen atoms in total. The van der Waals surface area contributed by atoms with Crippen LogP contribution in [0.4, 0.5) is 0 Å². The third-order valence-electron chi connectivity index (χ3n) is 6.11. The summed E-state index contributed by atoms with van der Waals surface area (Å²) in [6.45, 7) is 5.25. The molecule has 34 heavy (non-hydrogen) atoms. The van der Waals surface area contributed by atoms with E-state index in [1.807, 2.05) is 18.7 Å². The normalized spacial score (nSPS) is 15.0. The fourth-order valence-corrected chi connectivity index (χ4v) is 4.74. The van der Waals surface area contributed by atoms with Crippen molar-refractivity contribution in [2.75, 3.05) is 13.1 Å². The number of amides is 2. The van der Waals surface area contributed by atoms with E-state index in [4.69, 9.17) is 0 Å². The number of nitrogens with one attached hydrogen (secondary N) is 4. The minimum atomic E-state index is -0.564. The van der Waals surface area contributed by atoms with Crippen LogP contribution < -0.4 is 21.3 Å². The van der Waals surface area contributed by atoms with Crippen molar-refractivity contribution < 1.29 is 9.59 Å². The Labute approximate surface area is 205 Å². The summed E-state index contributed by atoms with van der Waals surface area (Å²) in [6, 6.07) is 14.1. The fourth-order valence-electron chi connectivity index (χ4n) is 4.10. The van der Waals surface area contributed by atoms with E-state index in [0.717, 1.165) is 37.7 Å². The topological polar surface area (TPSA) is 95.2 Å². The van der Waals surface area contributed by atoms with Crippen molar-refractivity contribution in [3.8, 4) is 0 Å². The van der Waals surface area contributed by atoms with Crippen LogP contribution in [-0.4, -0.2) is 51.1 Å². The summed E-state index contributed by atoms with van der Waals surface area (Å²) in [6.07, 6.45) is 9.51. The number of rotatable bonds is 13. The van der Waals surface area contributed by atoms with Gasteiger partial charge in [0, 0.05) is 25.3 Å². The molecule has 0 saturated heterocycles. The Kier molecular flexibility index (Phi) is 11.2. The molecule has 2 amide bonds. The number of aromatic nitrogens is 1. The molecule has 2 radical (unpaired) electrons. The summed E-state index contributed by atoms with van der Waals surface area (Å²) in [5.74, 6) is -0.519. The Morgan fingerprint density at radius 1 is 1.00 bits per heavy atom. The highest BCUT2D eigenvalue weighted by atomic mass is 28.2. The van der Waals surface area contributed by atoms with Crippen molar-refractivity contribution in [2.45, 2.75) is 69.9 Å². The lowest BCUT2D eigenvalue weighted by Gasteiger charge is -2.22. The van der Waals surface area contributed by atoms with Gasteiger partial charge in [0.1, 0.15) is 5.69 Å². The third-order valence-corrected chi connectivity index (χ3v) is 7.10. The first kappa shape index (κ1) is 26.1. The number of nitrogens with zero attached hydrogens (tertiary/aromatic N) is 1. The summed E-state index contributed by atoms with van der Waals surface area (Å²) >= 11 is 0. The zero-order chi connectivity index (χ0) is 24.0. The second-order valence-electron chi connectivity index (χ2n) is 8.76. The summed E-state index contributed by atoms with van der Waals surface area (Å²) in [5.41, 5.74) is 2.00. The van der Waals surface area contributed by atoms with Gasteiger partial charge in [0.15, 0.2) is 0 Å². The smallest absolute Gasteiger partial charge is 0.270 e. The van der Waals surface area contributed by atoms with Gasteiger partial charge in [-0.3, -0.25) is 14.6 Å². The standard InChI is InChI=1S/C26H37N5O2Si/c1-34-26(31-24(32)23-10-5-6-16-29-23)25(33)30-19-21-13-11-20(12-14-21)18-27-15-7-17-28-22-8-3-2-4-9-22/h5-6,10-14,16,22,26-28H,2-4,7-9,15,17-19H2,1H3,(H,30,33)(H,31,32)/t26-/m0/s1. The second kappa shape index (κ2) is 14.7. The number of hydrogen-bond donors (Lipinski definition) is 4. The zero-order valence-corrected chi connectivity index (χ0v) is 21.1. The fraction of sp³-hybridized carbons (Fsp3) is 0.500. The van der Waals surface area contributed by atoms with E-state index < -0.39 is 5.67 Å². The highest BCUT2D eigenvalue weighted by Crippen LogP contribution is 2.17. The number of carbonyl (C=O) groups is 2. The highest BCUT2D eigenvalue weighted by Gasteiger charge is 2.20. The van der Waals surface area contributed by atoms with Gasteiger partial charge in [0.2, 0.25) is 5.91 Å². The molecule has 4 N–H and O–H groups in total. The van der Waals surface area contributed by atoms with E-state index in [-0.39, 0.29) is 21.3 Å². The summed E-state index contributed by atoms with van der Waals surface area (Å²) < 4.78 is 0. The van der Waals surface area contributed by atoms with Crippen molar-refractivity contribution in [3.63, 3.8) is 0 Å². The maximum atomic E-state index is 12.6. The van der Waals surface area contributed by atoms with Gasteiger partial charge in [-0.25, -0.2) is 0 Å². The lowest BCUT2D eigenvalue weighted by Crippen LogP contribution is -2.49. The van der Waals surface area contributed by atoms with Crippen molar-refractivity contribution in [3.05, 3.63) is 65.5 Å². The molecule has 1 aromatic carbocycles. The van der Waals surface area contributed by atoms with Crippen molar-refractivity contribution >= 4 is 21.3 Å². The quantitative estimate of drug-likeness (QED) is 0.262. The zero-order valence-electron chi connectivity index (χ0n) is 20.1. The van der Waals surface area contributed by atoms with Crippen LogP contribution in [0.5, 0.6) is 0 Å². The van der Waals surface area contributed by atoms with Gasteiger partial charge in [-0.05, 0) is 55.6 Å². The van der Waals surface area contributed by atoms with Crippen LogP contribution in [0.25, 0.3) is 0 Å². The Balaban J connectivity index is 1.31. The SMILES string of the molecule is C[Si][C@H](NC(=O)c1ccccn1)C(=O)NCc1ccc(CNCCCNC2CCCCC2)cc1. The number of hydrogen-bond acceptors (Lipinski definition) is 5. The molecule has 0 unspecified atom stereocenters. The molecule has 1 aromatic heterocycles. The Hall–Kier alpha value is -2.55. The van der Waals surface area contributed by atoms with Crippen LogP contribution in [0.3, 0.4) is 0 Å². The molecule has 1 heterocycles. The van der Waals surface area contributed by atoms with Crippen LogP contribution >= 0.6 is 0 Å². The van der Waals surface area contributed by atoms with Gasteiger partial charge in [0.25, 0.3) is 5.91 Å². The second-order valence-corrected chi connectivity index (χ2v) is 9.92. The molecule has 0 spiro atoms. The average molecular weight is 480 g/mol. The van der Waals surface area contributed by atoms with Crippen LogP contribution in [0.1, 0.15) is 60.1 Å². The van der Waals surface area contributed by atoms with E-state index >= 15 is 0 Å². The van der Waals surface area contributed by atoms with Gasteiger partial charge in [0.05, 0.1) is 15.2 Å². The minimum absolute atomic E-state index is 0.183. The summed E-state index contributed by atoms with van der Waals surface area (Å²) in [4.78, 5) is 28.9. The van der Waals surface area contributed by atoms with Crippen molar-refractivity contribution in [1.82, 2.24) is 26.3 Å². The number of benzene rings is 1. The van der Waals surface area contributed by atoms with Gasteiger partial charge in [-0.2, -0.15) is 0 Å². The molecule has 1 aliphatic rings. The molecule has 1 saturated carbocycles. The average Bonchev–Trinajstić information content (AvgIpc) is 2.89. The maximum Gasteiger partial charge on any atom is 0.270 e. The highest BCUT2D eigenvalue weighted by molar-refractivity contribution is 6.43. The monoisotopic (exact) mass is 479 g/mol. The maximum absolute atomic E-state index is 12.6. The molecular formula is C26H37N5O2Si. The van der Waals surface area contributed by atoms with Gasteiger partial charge in [-0.15, -0.1) is 0 Å². The first-order valence-corrected chi connectivity index (χ1v) is 13.9. The van der Waals surface area contributed by atoms with Crippen LogP contribution in [0, 0.1) is 0 Å². The number of carbonyl (C=O) groups excluding carboxylic acids is 2. The van der Waals surface area contributed by atoms with E-state index in [9.17, 15) is 9.59 Å². The van der Waals surface area contributed by atoms with Crippen LogP contribution in [-0.2, 0) is 17.9 Å². The predicted molar refractivity (Wildman–Crippen MR) is 137 cm³/mol.